The molecular weight excluding hydrogens is 322 g/mol. The Labute approximate surface area is 146 Å². The van der Waals surface area contributed by atoms with E-state index in [1.165, 1.54) is 11.8 Å². The molecule has 2 aromatic carbocycles. The van der Waals surface area contributed by atoms with Gasteiger partial charge in [0, 0.05) is 30.9 Å². The number of rotatable bonds is 3. The third kappa shape index (κ3) is 4.63. The highest BCUT2D eigenvalue weighted by Gasteiger charge is 2.09. The zero-order valence-electron chi connectivity index (χ0n) is 13.8. The summed E-state index contributed by atoms with van der Waals surface area (Å²) < 4.78 is 0. The number of nitrogens with zero attached hydrogens (tertiary/aromatic N) is 1. The van der Waals surface area contributed by atoms with Gasteiger partial charge in [0.15, 0.2) is 5.11 Å². The van der Waals surface area contributed by atoms with Crippen molar-refractivity contribution < 1.29 is 9.59 Å². The third-order valence-corrected chi connectivity index (χ3v) is 3.68. The van der Waals surface area contributed by atoms with Crippen LogP contribution in [0.1, 0.15) is 22.8 Å². The van der Waals surface area contributed by atoms with Crippen molar-refractivity contribution in [3.8, 4) is 0 Å². The van der Waals surface area contributed by atoms with Crippen LogP contribution in [0.25, 0.3) is 0 Å². The van der Waals surface area contributed by atoms with Crippen LogP contribution >= 0.6 is 12.2 Å². The quantitative estimate of drug-likeness (QED) is 0.842. The van der Waals surface area contributed by atoms with Gasteiger partial charge in [0.25, 0.3) is 5.91 Å². The molecule has 0 spiro atoms. The molecule has 6 heteroatoms. The van der Waals surface area contributed by atoms with Gasteiger partial charge in [-0.05, 0) is 49.5 Å². The van der Waals surface area contributed by atoms with Crippen molar-refractivity contribution in [2.75, 3.05) is 17.3 Å². The Balaban J connectivity index is 2.03. The second-order valence-electron chi connectivity index (χ2n) is 5.41. The Kier molecular flexibility index (Phi) is 5.65. The topological polar surface area (TPSA) is 61.4 Å². The lowest BCUT2D eigenvalue weighted by Gasteiger charge is -2.16. The number of carbonyl (C=O) groups is 2. The fourth-order valence-electron chi connectivity index (χ4n) is 2.10. The van der Waals surface area contributed by atoms with Crippen LogP contribution in [-0.4, -0.2) is 24.0 Å². The Morgan fingerprint density at radius 3 is 2.46 bits per heavy atom. The lowest BCUT2D eigenvalue weighted by Crippen LogP contribution is -2.34. The van der Waals surface area contributed by atoms with Crippen molar-refractivity contribution in [1.29, 1.82) is 0 Å². The average Bonchev–Trinajstić information content (AvgIpc) is 2.54. The number of thiocarbonyl (C=S) groups is 1. The summed E-state index contributed by atoms with van der Waals surface area (Å²) in [5.41, 5.74) is 2.97. The summed E-state index contributed by atoms with van der Waals surface area (Å²) in [7, 11) is 1.69. The van der Waals surface area contributed by atoms with Gasteiger partial charge < -0.3 is 10.2 Å². The Hall–Kier alpha value is -2.73. The lowest BCUT2D eigenvalue weighted by molar-refractivity contribution is -0.116. The molecule has 0 bridgehead atoms. The predicted molar refractivity (Wildman–Crippen MR) is 100 cm³/mol. The van der Waals surface area contributed by atoms with Gasteiger partial charge in [-0.2, -0.15) is 0 Å². The van der Waals surface area contributed by atoms with E-state index in [2.05, 4.69) is 10.6 Å². The first-order chi connectivity index (χ1) is 11.4. The van der Waals surface area contributed by atoms with Gasteiger partial charge in [0.2, 0.25) is 5.91 Å². The van der Waals surface area contributed by atoms with Crippen molar-refractivity contribution in [1.82, 2.24) is 5.32 Å². The van der Waals surface area contributed by atoms with E-state index in [0.29, 0.717) is 11.3 Å². The van der Waals surface area contributed by atoms with E-state index in [-0.39, 0.29) is 16.9 Å². The van der Waals surface area contributed by atoms with Crippen LogP contribution in [-0.2, 0) is 4.79 Å². The maximum atomic E-state index is 12.2. The van der Waals surface area contributed by atoms with Crippen molar-refractivity contribution in [3.05, 3.63) is 59.7 Å². The standard InChI is InChI=1S/C18H19N3O2S/c1-12-6-4-7-14(10-12)17(23)20-18(24)19-15-8-5-9-16(11-15)21(3)13(2)22/h4-11H,1-3H3,(H2,19,20,23,24). The molecule has 0 saturated carbocycles. The SMILES string of the molecule is CC(=O)N(C)c1cccc(NC(=S)NC(=O)c2cccc(C)c2)c1. The molecule has 0 aliphatic rings. The molecule has 2 N–H and O–H groups in total. The maximum absolute atomic E-state index is 12.2. The van der Waals surface area contributed by atoms with Gasteiger partial charge in [0.05, 0.1) is 0 Å². The molecule has 0 saturated heterocycles. The molecule has 0 aliphatic carbocycles. The van der Waals surface area contributed by atoms with E-state index in [4.69, 9.17) is 12.2 Å². The minimum absolute atomic E-state index is 0.0672. The van der Waals surface area contributed by atoms with E-state index in [1.807, 2.05) is 37.3 Å². The molecule has 2 aromatic rings. The summed E-state index contributed by atoms with van der Waals surface area (Å²) in [5.74, 6) is -0.337. The molecule has 0 radical (unpaired) electrons. The summed E-state index contributed by atoms with van der Waals surface area (Å²) in [5, 5.41) is 5.80. The van der Waals surface area contributed by atoms with E-state index < -0.39 is 0 Å². The first kappa shape index (κ1) is 17.6. The summed E-state index contributed by atoms with van der Waals surface area (Å²) >= 11 is 5.18. The summed E-state index contributed by atoms with van der Waals surface area (Å²) in [6.07, 6.45) is 0. The lowest BCUT2D eigenvalue weighted by atomic mass is 10.1. The van der Waals surface area contributed by atoms with E-state index in [0.717, 1.165) is 11.3 Å². The summed E-state index contributed by atoms with van der Waals surface area (Å²) in [6.45, 7) is 3.41. The smallest absolute Gasteiger partial charge is 0.257 e. The molecular formula is C18H19N3O2S. The number of benzene rings is 2. The number of carbonyl (C=O) groups excluding carboxylic acids is 2. The van der Waals surface area contributed by atoms with Gasteiger partial charge in [-0.15, -0.1) is 0 Å². The second-order valence-corrected chi connectivity index (χ2v) is 5.81. The van der Waals surface area contributed by atoms with Crippen LogP contribution in [0.4, 0.5) is 11.4 Å². The Morgan fingerprint density at radius 2 is 1.79 bits per heavy atom. The zero-order valence-corrected chi connectivity index (χ0v) is 14.6. The van der Waals surface area contributed by atoms with Gasteiger partial charge in [-0.3, -0.25) is 14.9 Å². The van der Waals surface area contributed by atoms with Crippen LogP contribution in [0.2, 0.25) is 0 Å². The maximum Gasteiger partial charge on any atom is 0.257 e. The average molecular weight is 341 g/mol. The fourth-order valence-corrected chi connectivity index (χ4v) is 2.31. The molecule has 0 aromatic heterocycles. The number of anilines is 2. The van der Waals surface area contributed by atoms with Gasteiger partial charge in [0.1, 0.15) is 0 Å². The van der Waals surface area contributed by atoms with Gasteiger partial charge in [-0.1, -0.05) is 23.8 Å². The van der Waals surface area contributed by atoms with E-state index in [1.54, 1.807) is 25.2 Å². The van der Waals surface area contributed by atoms with Crippen LogP contribution in [0, 0.1) is 6.92 Å². The zero-order chi connectivity index (χ0) is 17.7. The van der Waals surface area contributed by atoms with E-state index >= 15 is 0 Å². The van der Waals surface area contributed by atoms with Crippen LogP contribution in [0.5, 0.6) is 0 Å². The first-order valence-electron chi connectivity index (χ1n) is 7.40. The van der Waals surface area contributed by atoms with Crippen LogP contribution in [0.15, 0.2) is 48.5 Å². The predicted octanol–water partition coefficient (Wildman–Crippen LogP) is 3.10. The molecule has 24 heavy (non-hydrogen) atoms. The third-order valence-electron chi connectivity index (χ3n) is 3.47. The Morgan fingerprint density at radius 1 is 1.08 bits per heavy atom. The molecule has 2 rings (SSSR count). The fraction of sp³-hybridized carbons (Fsp3) is 0.167. The van der Waals surface area contributed by atoms with Crippen molar-refractivity contribution in [2.24, 2.45) is 0 Å². The van der Waals surface area contributed by atoms with Crippen LogP contribution < -0.4 is 15.5 Å². The summed E-state index contributed by atoms with van der Waals surface area (Å²) in [6, 6.07) is 14.5. The number of nitrogens with one attached hydrogen (secondary N) is 2. The van der Waals surface area contributed by atoms with Crippen molar-refractivity contribution >= 4 is 40.5 Å². The minimum Gasteiger partial charge on any atom is -0.332 e. The molecule has 124 valence electrons. The number of hydrogen-bond donors (Lipinski definition) is 2. The molecule has 0 atom stereocenters. The van der Waals surface area contributed by atoms with Crippen molar-refractivity contribution in [2.45, 2.75) is 13.8 Å². The molecule has 0 unspecified atom stereocenters. The largest absolute Gasteiger partial charge is 0.332 e. The molecule has 5 nitrogen and oxygen atoms in total. The number of amides is 2. The Bertz CT molecular complexity index is 789. The monoisotopic (exact) mass is 341 g/mol. The molecule has 0 aliphatic heterocycles. The number of aryl methyl sites for hydroxylation is 1. The summed E-state index contributed by atoms with van der Waals surface area (Å²) in [4.78, 5) is 25.1. The van der Waals surface area contributed by atoms with E-state index in [9.17, 15) is 9.59 Å². The van der Waals surface area contributed by atoms with Gasteiger partial charge >= 0.3 is 0 Å². The highest BCUT2D eigenvalue weighted by Crippen LogP contribution is 2.18. The molecule has 0 heterocycles. The minimum atomic E-state index is -0.270. The highest BCUT2D eigenvalue weighted by molar-refractivity contribution is 7.80. The van der Waals surface area contributed by atoms with Crippen molar-refractivity contribution in [3.63, 3.8) is 0 Å². The van der Waals surface area contributed by atoms with Gasteiger partial charge in [-0.25, -0.2) is 0 Å². The normalized spacial score (nSPS) is 9.96. The van der Waals surface area contributed by atoms with Crippen LogP contribution in [0.3, 0.4) is 0 Å². The second kappa shape index (κ2) is 7.70. The first-order valence-corrected chi connectivity index (χ1v) is 7.81. The molecule has 0 fully saturated rings. The highest BCUT2D eigenvalue weighted by atomic mass is 32.1. The number of hydrogen-bond acceptors (Lipinski definition) is 3. The molecule has 2 amide bonds.